The summed E-state index contributed by atoms with van der Waals surface area (Å²) in [6.07, 6.45) is 0.681. The Labute approximate surface area is 142 Å². The Kier molecular flexibility index (Phi) is 5.04. The first kappa shape index (κ1) is 16.5. The average Bonchev–Trinajstić information content (AvgIpc) is 2.84. The third kappa shape index (κ3) is 3.76. The SMILES string of the molecule is Cc1noc(C)c1CC[S@](=O)Cc1cc(Cl)cc2c1OCOC2. The maximum atomic E-state index is 12.5. The van der Waals surface area contributed by atoms with Crippen LogP contribution in [0.25, 0.3) is 0 Å². The molecule has 0 fully saturated rings. The van der Waals surface area contributed by atoms with Crippen LogP contribution in [0.3, 0.4) is 0 Å². The fourth-order valence-electron chi connectivity index (χ4n) is 2.68. The molecule has 0 N–H and O–H groups in total. The number of aryl methyl sites for hydroxylation is 2. The van der Waals surface area contributed by atoms with Crippen LogP contribution in [0.15, 0.2) is 16.7 Å². The predicted molar refractivity (Wildman–Crippen MR) is 88.1 cm³/mol. The van der Waals surface area contributed by atoms with Crippen molar-refractivity contribution in [3.8, 4) is 5.75 Å². The first-order chi connectivity index (χ1) is 11.0. The van der Waals surface area contributed by atoms with Crippen molar-refractivity contribution in [2.75, 3.05) is 12.5 Å². The van der Waals surface area contributed by atoms with Crippen molar-refractivity contribution in [2.45, 2.75) is 32.6 Å². The largest absolute Gasteiger partial charge is 0.467 e. The van der Waals surface area contributed by atoms with Crippen LogP contribution in [-0.4, -0.2) is 21.9 Å². The van der Waals surface area contributed by atoms with Gasteiger partial charge in [0.2, 0.25) is 0 Å². The molecule has 1 aromatic carbocycles. The zero-order valence-corrected chi connectivity index (χ0v) is 14.6. The fraction of sp³-hybridized carbons (Fsp3) is 0.438. The number of fused-ring (bicyclic) bond motifs is 1. The number of benzene rings is 1. The Morgan fingerprint density at radius 2 is 2.17 bits per heavy atom. The van der Waals surface area contributed by atoms with Crippen molar-refractivity contribution >= 4 is 22.4 Å². The van der Waals surface area contributed by atoms with E-state index in [4.69, 9.17) is 25.6 Å². The normalized spacial score (nSPS) is 15.1. The molecule has 0 saturated heterocycles. The zero-order valence-electron chi connectivity index (χ0n) is 13.1. The molecule has 0 aliphatic carbocycles. The Morgan fingerprint density at radius 3 is 2.91 bits per heavy atom. The highest BCUT2D eigenvalue weighted by Crippen LogP contribution is 2.32. The number of ether oxygens (including phenoxy) is 2. The number of rotatable bonds is 5. The lowest BCUT2D eigenvalue weighted by Gasteiger charge is -2.21. The summed E-state index contributed by atoms with van der Waals surface area (Å²) in [6.45, 7) is 4.46. The van der Waals surface area contributed by atoms with E-state index in [1.54, 1.807) is 0 Å². The Hall–Kier alpha value is -1.37. The fourth-order valence-corrected chi connectivity index (χ4v) is 4.09. The molecule has 23 heavy (non-hydrogen) atoms. The van der Waals surface area contributed by atoms with Crippen LogP contribution in [0.1, 0.15) is 28.1 Å². The summed E-state index contributed by atoms with van der Waals surface area (Å²) >= 11 is 6.13. The van der Waals surface area contributed by atoms with Gasteiger partial charge in [-0.15, -0.1) is 0 Å². The second-order valence-electron chi connectivity index (χ2n) is 5.50. The molecule has 1 atom stereocenters. The predicted octanol–water partition coefficient (Wildman–Crippen LogP) is 3.30. The minimum atomic E-state index is -1.03. The molecule has 0 amide bonds. The standard InChI is InChI=1S/C16H18ClNO4S/c1-10-15(11(2)22-18-10)3-4-23(19)8-13-6-14(17)5-12-7-20-9-21-16(12)13/h5-6H,3-4,7-9H2,1-2H3/t23-/m0/s1. The maximum Gasteiger partial charge on any atom is 0.189 e. The van der Waals surface area contributed by atoms with E-state index in [1.807, 2.05) is 26.0 Å². The average molecular weight is 356 g/mol. The van der Waals surface area contributed by atoms with Crippen molar-refractivity contribution < 1.29 is 18.2 Å². The summed E-state index contributed by atoms with van der Waals surface area (Å²) in [7, 11) is -1.03. The molecule has 124 valence electrons. The Bertz CT molecular complexity index is 724. The first-order valence-corrected chi connectivity index (χ1v) is 9.19. The Balaban J connectivity index is 1.70. The van der Waals surface area contributed by atoms with Crippen molar-refractivity contribution in [3.63, 3.8) is 0 Å². The highest BCUT2D eigenvalue weighted by Gasteiger charge is 2.18. The lowest BCUT2D eigenvalue weighted by molar-refractivity contribution is -0.0169. The van der Waals surface area contributed by atoms with Crippen LogP contribution in [-0.2, 0) is 34.3 Å². The number of hydrogen-bond donors (Lipinski definition) is 0. The molecule has 7 heteroatoms. The number of halogens is 1. The summed E-state index contributed by atoms with van der Waals surface area (Å²) in [6, 6.07) is 3.64. The molecule has 1 aliphatic heterocycles. The molecule has 3 rings (SSSR count). The molecule has 0 radical (unpaired) electrons. The van der Waals surface area contributed by atoms with Crippen LogP contribution < -0.4 is 4.74 Å². The topological polar surface area (TPSA) is 61.6 Å². The molecule has 0 spiro atoms. The molecule has 2 heterocycles. The van der Waals surface area contributed by atoms with Crippen LogP contribution in [0.5, 0.6) is 5.75 Å². The minimum absolute atomic E-state index is 0.216. The molecule has 0 saturated carbocycles. The van der Waals surface area contributed by atoms with Crippen LogP contribution in [0.4, 0.5) is 0 Å². The quantitative estimate of drug-likeness (QED) is 0.823. The highest BCUT2D eigenvalue weighted by molar-refractivity contribution is 7.84. The van der Waals surface area contributed by atoms with Gasteiger partial charge in [0.1, 0.15) is 11.5 Å². The van der Waals surface area contributed by atoms with E-state index in [9.17, 15) is 4.21 Å². The van der Waals surface area contributed by atoms with Gasteiger partial charge in [0.05, 0.1) is 18.1 Å². The summed E-state index contributed by atoms with van der Waals surface area (Å²) in [5.74, 6) is 2.50. The lowest BCUT2D eigenvalue weighted by Crippen LogP contribution is -2.14. The summed E-state index contributed by atoms with van der Waals surface area (Å²) < 4.78 is 28.4. The number of aromatic nitrogens is 1. The van der Waals surface area contributed by atoms with Gasteiger partial charge < -0.3 is 14.0 Å². The van der Waals surface area contributed by atoms with Gasteiger partial charge in [0, 0.05) is 38.3 Å². The van der Waals surface area contributed by atoms with Gasteiger partial charge >= 0.3 is 0 Å². The van der Waals surface area contributed by atoms with Gasteiger partial charge in [-0.2, -0.15) is 0 Å². The molecule has 1 aliphatic rings. The monoisotopic (exact) mass is 355 g/mol. The smallest absolute Gasteiger partial charge is 0.189 e. The summed E-state index contributed by atoms with van der Waals surface area (Å²) in [5, 5.41) is 4.53. The van der Waals surface area contributed by atoms with E-state index < -0.39 is 10.8 Å². The zero-order chi connectivity index (χ0) is 16.4. The molecule has 5 nitrogen and oxygen atoms in total. The van der Waals surface area contributed by atoms with E-state index in [0.29, 0.717) is 29.6 Å². The molecular weight excluding hydrogens is 338 g/mol. The molecule has 2 aromatic rings. The first-order valence-electron chi connectivity index (χ1n) is 7.33. The third-order valence-electron chi connectivity index (χ3n) is 3.83. The maximum absolute atomic E-state index is 12.5. The van der Waals surface area contributed by atoms with Crippen molar-refractivity contribution in [1.29, 1.82) is 0 Å². The highest BCUT2D eigenvalue weighted by atomic mass is 35.5. The second kappa shape index (κ2) is 7.03. The van der Waals surface area contributed by atoms with Crippen molar-refractivity contribution in [3.05, 3.63) is 45.3 Å². The van der Waals surface area contributed by atoms with E-state index in [-0.39, 0.29) is 6.79 Å². The molecule has 0 bridgehead atoms. The van der Waals surface area contributed by atoms with Gasteiger partial charge in [-0.1, -0.05) is 16.8 Å². The van der Waals surface area contributed by atoms with Gasteiger partial charge in [-0.05, 0) is 32.4 Å². The summed E-state index contributed by atoms with van der Waals surface area (Å²) in [5.41, 5.74) is 3.67. The van der Waals surface area contributed by atoms with Gasteiger partial charge in [0.15, 0.2) is 6.79 Å². The van der Waals surface area contributed by atoms with E-state index in [1.165, 1.54) is 0 Å². The number of nitrogens with zero attached hydrogens (tertiary/aromatic N) is 1. The van der Waals surface area contributed by atoms with Crippen molar-refractivity contribution in [2.24, 2.45) is 0 Å². The van der Waals surface area contributed by atoms with Gasteiger partial charge in [-0.25, -0.2) is 0 Å². The van der Waals surface area contributed by atoms with Gasteiger partial charge in [0.25, 0.3) is 0 Å². The molecular formula is C16H18ClNO4S. The Morgan fingerprint density at radius 1 is 1.35 bits per heavy atom. The lowest BCUT2D eigenvalue weighted by atomic mass is 10.1. The second-order valence-corrected chi connectivity index (χ2v) is 7.52. The van der Waals surface area contributed by atoms with Crippen LogP contribution >= 0.6 is 11.6 Å². The third-order valence-corrected chi connectivity index (χ3v) is 5.34. The van der Waals surface area contributed by atoms with E-state index in [0.717, 1.165) is 33.9 Å². The van der Waals surface area contributed by atoms with Crippen LogP contribution in [0.2, 0.25) is 5.02 Å². The van der Waals surface area contributed by atoms with Crippen molar-refractivity contribution in [1.82, 2.24) is 5.16 Å². The molecule has 0 unspecified atom stereocenters. The molecule has 1 aromatic heterocycles. The summed E-state index contributed by atoms with van der Waals surface area (Å²) in [4.78, 5) is 0. The number of hydrogen-bond acceptors (Lipinski definition) is 5. The van der Waals surface area contributed by atoms with E-state index >= 15 is 0 Å². The minimum Gasteiger partial charge on any atom is -0.467 e. The van der Waals surface area contributed by atoms with Crippen LogP contribution in [0, 0.1) is 13.8 Å². The van der Waals surface area contributed by atoms with Gasteiger partial charge in [-0.3, -0.25) is 4.21 Å². The van der Waals surface area contributed by atoms with E-state index in [2.05, 4.69) is 5.16 Å².